The molecule has 3 rings (SSSR count). The maximum Gasteiger partial charge on any atom is 0.229 e. The van der Waals surface area contributed by atoms with Crippen LogP contribution in [0.4, 0.5) is 17.5 Å². The third-order valence-electron chi connectivity index (χ3n) is 4.48. The second kappa shape index (κ2) is 10.3. The molecule has 1 fully saturated rings. The van der Waals surface area contributed by atoms with Crippen LogP contribution in [-0.2, 0) is 19.6 Å². The highest BCUT2D eigenvalue weighted by Crippen LogP contribution is 2.15. The maximum absolute atomic E-state index is 12.2. The van der Waals surface area contributed by atoms with Crippen molar-refractivity contribution in [3.05, 3.63) is 36.3 Å². The Labute approximate surface area is 180 Å². The highest BCUT2D eigenvalue weighted by Gasteiger charge is 2.27. The fourth-order valence-corrected chi connectivity index (χ4v) is 4.00. The van der Waals surface area contributed by atoms with Crippen molar-refractivity contribution >= 4 is 39.3 Å². The quantitative estimate of drug-likeness (QED) is 0.355. The Morgan fingerprint density at radius 1 is 1.03 bits per heavy atom. The average molecular weight is 448 g/mol. The number of carbonyl (C=O) groups excluding carboxylic acids is 2. The van der Waals surface area contributed by atoms with E-state index in [1.165, 1.54) is 0 Å². The molecule has 0 unspecified atom stereocenters. The molecule has 1 aliphatic heterocycles. The summed E-state index contributed by atoms with van der Waals surface area (Å²) in [6.07, 6.45) is 2.74. The third-order valence-corrected chi connectivity index (χ3v) is 5.84. The number of hydrogen-bond acceptors (Lipinski definition) is 9. The largest absolute Gasteiger partial charge is 0.369 e. The van der Waals surface area contributed by atoms with Gasteiger partial charge in [-0.1, -0.05) is 6.07 Å². The van der Waals surface area contributed by atoms with Crippen molar-refractivity contribution in [3.8, 4) is 0 Å². The number of piperidine rings is 1. The first-order valence-electron chi connectivity index (χ1n) is 9.90. The van der Waals surface area contributed by atoms with Crippen molar-refractivity contribution in [3.63, 3.8) is 0 Å². The van der Waals surface area contributed by atoms with E-state index in [2.05, 4.69) is 30.3 Å². The molecule has 0 bridgehead atoms. The molecule has 1 saturated heterocycles. The molecular formula is C19H25N7O4S. The number of nitrogens with one attached hydrogen (secondary N) is 3. The van der Waals surface area contributed by atoms with E-state index in [9.17, 15) is 18.0 Å². The summed E-state index contributed by atoms with van der Waals surface area (Å²) in [6.45, 7) is 2.03. The fourth-order valence-electron chi connectivity index (χ4n) is 3.02. The minimum absolute atomic E-state index is 0.121. The number of sulfonamides is 1. The molecule has 0 radical (unpaired) electrons. The molecule has 31 heavy (non-hydrogen) atoms. The molecule has 0 aliphatic carbocycles. The molecule has 2 aromatic rings. The van der Waals surface area contributed by atoms with Gasteiger partial charge in [0.2, 0.25) is 21.8 Å². The predicted molar refractivity (Wildman–Crippen MR) is 115 cm³/mol. The van der Waals surface area contributed by atoms with E-state index < -0.39 is 10.0 Å². The highest BCUT2D eigenvalue weighted by molar-refractivity contribution is 7.89. The Kier molecular flexibility index (Phi) is 7.47. The Morgan fingerprint density at radius 3 is 2.48 bits per heavy atom. The number of anilines is 3. The van der Waals surface area contributed by atoms with Crippen molar-refractivity contribution in [2.24, 2.45) is 0 Å². The van der Waals surface area contributed by atoms with Gasteiger partial charge >= 0.3 is 0 Å². The summed E-state index contributed by atoms with van der Waals surface area (Å²) in [5.74, 6) is 1.32. The van der Waals surface area contributed by atoms with Crippen LogP contribution in [0.15, 0.2) is 30.5 Å². The van der Waals surface area contributed by atoms with Crippen LogP contribution in [-0.4, -0.2) is 65.5 Å². The van der Waals surface area contributed by atoms with E-state index in [1.807, 2.05) is 18.2 Å². The molecule has 12 heteroatoms. The first kappa shape index (κ1) is 22.6. The Hall–Kier alpha value is -3.12. The van der Waals surface area contributed by atoms with Crippen LogP contribution < -0.4 is 15.4 Å². The van der Waals surface area contributed by atoms with E-state index in [4.69, 9.17) is 0 Å². The van der Waals surface area contributed by atoms with Gasteiger partial charge in [0.05, 0.1) is 5.75 Å². The minimum atomic E-state index is -3.63. The van der Waals surface area contributed by atoms with Crippen LogP contribution in [0.25, 0.3) is 0 Å². The molecule has 0 aromatic carbocycles. The lowest BCUT2D eigenvalue weighted by Gasteiger charge is -2.24. The van der Waals surface area contributed by atoms with Crippen LogP contribution >= 0.6 is 0 Å². The maximum atomic E-state index is 12.2. The number of aryl methyl sites for hydroxylation is 1. The number of likely N-dealkylation sites (tertiary alicyclic amines) is 1. The summed E-state index contributed by atoms with van der Waals surface area (Å²) in [6, 6.07) is 7.17. The monoisotopic (exact) mass is 447 g/mol. The first-order chi connectivity index (χ1) is 14.8. The smallest absolute Gasteiger partial charge is 0.229 e. The molecule has 2 amide bonds. The number of aromatic nitrogens is 3. The lowest BCUT2D eigenvalue weighted by molar-refractivity contribution is -0.147. The number of nitrogens with zero attached hydrogens (tertiary/aromatic N) is 4. The zero-order chi connectivity index (χ0) is 22.3. The second-order valence-electron chi connectivity index (χ2n) is 6.96. The van der Waals surface area contributed by atoms with Gasteiger partial charge in [0, 0.05) is 44.7 Å². The van der Waals surface area contributed by atoms with Crippen molar-refractivity contribution in [2.45, 2.75) is 26.2 Å². The van der Waals surface area contributed by atoms with Gasteiger partial charge in [0.25, 0.3) is 0 Å². The van der Waals surface area contributed by atoms with Gasteiger partial charge < -0.3 is 10.6 Å². The van der Waals surface area contributed by atoms with Gasteiger partial charge in [-0.2, -0.15) is 0 Å². The summed E-state index contributed by atoms with van der Waals surface area (Å²) in [5, 5.41) is 6.13. The van der Waals surface area contributed by atoms with E-state index in [1.54, 1.807) is 19.2 Å². The van der Waals surface area contributed by atoms with E-state index in [-0.39, 0.29) is 43.5 Å². The van der Waals surface area contributed by atoms with Gasteiger partial charge in [0.15, 0.2) is 0 Å². The minimum Gasteiger partial charge on any atom is -0.369 e. The van der Waals surface area contributed by atoms with Crippen molar-refractivity contribution in [1.29, 1.82) is 0 Å². The van der Waals surface area contributed by atoms with Gasteiger partial charge in [-0.25, -0.2) is 28.1 Å². The Morgan fingerprint density at radius 2 is 1.77 bits per heavy atom. The molecular weight excluding hydrogens is 422 g/mol. The summed E-state index contributed by atoms with van der Waals surface area (Å²) in [4.78, 5) is 37.3. The molecule has 11 nitrogen and oxygen atoms in total. The summed E-state index contributed by atoms with van der Waals surface area (Å²) >= 11 is 0. The van der Waals surface area contributed by atoms with Crippen LogP contribution in [0.1, 0.15) is 25.1 Å². The van der Waals surface area contributed by atoms with Crippen LogP contribution in [0.2, 0.25) is 0 Å². The predicted octanol–water partition coefficient (Wildman–Crippen LogP) is 0.794. The van der Waals surface area contributed by atoms with Crippen molar-refractivity contribution in [1.82, 2.24) is 24.6 Å². The molecule has 2 aromatic heterocycles. The van der Waals surface area contributed by atoms with Crippen LogP contribution in [0.3, 0.4) is 0 Å². The van der Waals surface area contributed by atoms with Gasteiger partial charge in [-0.05, 0) is 25.5 Å². The SMILES string of the molecule is Cc1nc(NCCNS(=O)(=O)CCN2C(=O)CCCC2=O)cc(Nc2ccccn2)n1. The third kappa shape index (κ3) is 6.96. The number of carbonyl (C=O) groups is 2. The summed E-state index contributed by atoms with van der Waals surface area (Å²) in [5.41, 5.74) is 0. The molecule has 0 spiro atoms. The second-order valence-corrected chi connectivity index (χ2v) is 8.88. The molecule has 3 N–H and O–H groups in total. The van der Waals surface area contributed by atoms with Crippen LogP contribution in [0, 0.1) is 6.92 Å². The average Bonchev–Trinajstić information content (AvgIpc) is 2.71. The van der Waals surface area contributed by atoms with E-state index in [0.29, 0.717) is 36.2 Å². The Bertz CT molecular complexity index is 1010. The topological polar surface area (TPSA) is 146 Å². The molecule has 0 atom stereocenters. The number of rotatable bonds is 10. The fraction of sp³-hybridized carbons (Fsp3) is 0.421. The lowest BCUT2D eigenvalue weighted by atomic mass is 10.1. The number of pyridine rings is 1. The molecule has 166 valence electrons. The number of amides is 2. The van der Waals surface area contributed by atoms with E-state index in [0.717, 1.165) is 4.90 Å². The zero-order valence-electron chi connectivity index (χ0n) is 17.2. The molecule has 0 saturated carbocycles. The van der Waals surface area contributed by atoms with Gasteiger partial charge in [0.1, 0.15) is 23.3 Å². The Balaban J connectivity index is 1.46. The van der Waals surface area contributed by atoms with E-state index >= 15 is 0 Å². The van der Waals surface area contributed by atoms with Crippen LogP contribution in [0.5, 0.6) is 0 Å². The first-order valence-corrected chi connectivity index (χ1v) is 11.6. The number of imide groups is 1. The highest BCUT2D eigenvalue weighted by atomic mass is 32.2. The summed E-state index contributed by atoms with van der Waals surface area (Å²) < 4.78 is 26.8. The molecule has 1 aliphatic rings. The van der Waals surface area contributed by atoms with Crippen molar-refractivity contribution in [2.75, 3.05) is 36.0 Å². The van der Waals surface area contributed by atoms with Gasteiger partial charge in [-0.15, -0.1) is 0 Å². The standard InChI is InChI=1S/C19H25N7O4S/c1-14-23-16(13-17(24-14)25-15-5-2-3-8-20-15)21-9-10-22-31(29,30)12-11-26-18(27)6-4-7-19(26)28/h2-3,5,8,13,22H,4,6-7,9-12H2,1H3,(H2,20,21,23,24,25). The molecule has 3 heterocycles. The van der Waals surface area contributed by atoms with Gasteiger partial charge in [-0.3, -0.25) is 14.5 Å². The summed E-state index contributed by atoms with van der Waals surface area (Å²) in [7, 11) is -3.63. The normalized spacial score (nSPS) is 14.5. The zero-order valence-corrected chi connectivity index (χ0v) is 18.0. The van der Waals surface area contributed by atoms with Crippen molar-refractivity contribution < 1.29 is 18.0 Å². The lowest BCUT2D eigenvalue weighted by Crippen LogP contribution is -2.44. The number of hydrogen-bond donors (Lipinski definition) is 3.